The standard InChI is InChI=1S/C18H18N4O2S/c1-11-3-8-15(12(2)9-11)17(24)21-20-13-4-6-14(7-5-13)22-16(23)10-19-18(22)25/h3-9,20H,10H2,1-2H3,(H,19,25)(H,21,24). The van der Waals surface area contributed by atoms with Crippen LogP contribution in [0.3, 0.4) is 0 Å². The van der Waals surface area contributed by atoms with E-state index >= 15 is 0 Å². The van der Waals surface area contributed by atoms with E-state index in [1.807, 2.05) is 26.0 Å². The zero-order valence-corrected chi connectivity index (χ0v) is 14.7. The number of thiocarbonyl (C=S) groups is 1. The molecule has 25 heavy (non-hydrogen) atoms. The monoisotopic (exact) mass is 354 g/mol. The zero-order chi connectivity index (χ0) is 18.0. The van der Waals surface area contributed by atoms with Crippen molar-refractivity contribution in [2.24, 2.45) is 0 Å². The second-order valence-corrected chi connectivity index (χ2v) is 6.22. The fraction of sp³-hybridized carbons (Fsp3) is 0.167. The largest absolute Gasteiger partial charge is 0.353 e. The molecule has 6 nitrogen and oxygen atoms in total. The van der Waals surface area contributed by atoms with Crippen molar-refractivity contribution in [3.8, 4) is 0 Å². The van der Waals surface area contributed by atoms with Crippen molar-refractivity contribution >= 4 is 40.5 Å². The lowest BCUT2D eigenvalue weighted by molar-refractivity contribution is -0.115. The minimum absolute atomic E-state index is 0.0890. The maximum Gasteiger partial charge on any atom is 0.269 e. The van der Waals surface area contributed by atoms with E-state index in [-0.39, 0.29) is 18.4 Å². The van der Waals surface area contributed by atoms with Crippen LogP contribution in [0.4, 0.5) is 11.4 Å². The van der Waals surface area contributed by atoms with E-state index < -0.39 is 0 Å². The summed E-state index contributed by atoms with van der Waals surface area (Å²) in [6, 6.07) is 12.7. The lowest BCUT2D eigenvalue weighted by atomic mass is 10.1. The van der Waals surface area contributed by atoms with Crippen molar-refractivity contribution in [2.45, 2.75) is 13.8 Å². The van der Waals surface area contributed by atoms with Gasteiger partial charge < -0.3 is 5.32 Å². The second-order valence-electron chi connectivity index (χ2n) is 5.83. The van der Waals surface area contributed by atoms with E-state index in [4.69, 9.17) is 12.2 Å². The van der Waals surface area contributed by atoms with Crippen molar-refractivity contribution < 1.29 is 9.59 Å². The molecule has 128 valence electrons. The molecule has 1 aliphatic rings. The van der Waals surface area contributed by atoms with Crippen molar-refractivity contribution in [1.82, 2.24) is 10.7 Å². The number of rotatable bonds is 4. The van der Waals surface area contributed by atoms with Gasteiger partial charge in [0.15, 0.2) is 5.11 Å². The number of benzene rings is 2. The molecular formula is C18H18N4O2S. The Hall–Kier alpha value is -2.93. The highest BCUT2D eigenvalue weighted by Gasteiger charge is 2.26. The van der Waals surface area contributed by atoms with Gasteiger partial charge in [-0.2, -0.15) is 0 Å². The number of hydrogen-bond donors (Lipinski definition) is 3. The van der Waals surface area contributed by atoms with Crippen LogP contribution in [0.2, 0.25) is 0 Å². The molecule has 0 unspecified atom stereocenters. The molecule has 1 aliphatic heterocycles. The van der Waals surface area contributed by atoms with Crippen LogP contribution in [0.5, 0.6) is 0 Å². The van der Waals surface area contributed by atoms with E-state index in [1.54, 1.807) is 30.3 Å². The van der Waals surface area contributed by atoms with Crippen molar-refractivity contribution in [1.29, 1.82) is 0 Å². The Labute approximate surface area is 151 Å². The average Bonchev–Trinajstić information content (AvgIpc) is 2.92. The predicted molar refractivity (Wildman–Crippen MR) is 102 cm³/mol. The molecule has 1 heterocycles. The fourth-order valence-electron chi connectivity index (χ4n) is 2.64. The van der Waals surface area contributed by atoms with Gasteiger partial charge in [0.1, 0.15) is 0 Å². The Morgan fingerprint density at radius 1 is 1.16 bits per heavy atom. The molecule has 7 heteroatoms. The third-order valence-corrected chi connectivity index (χ3v) is 4.24. The molecule has 1 saturated heterocycles. The van der Waals surface area contributed by atoms with Crippen molar-refractivity contribution in [3.05, 3.63) is 59.2 Å². The first kappa shape index (κ1) is 16.9. The predicted octanol–water partition coefficient (Wildman–Crippen LogP) is 2.28. The van der Waals surface area contributed by atoms with Gasteiger partial charge in [-0.15, -0.1) is 0 Å². The van der Waals surface area contributed by atoms with Crippen LogP contribution < -0.4 is 21.1 Å². The molecule has 0 atom stereocenters. The molecule has 0 aromatic heterocycles. The van der Waals surface area contributed by atoms with Gasteiger partial charge in [-0.1, -0.05) is 17.7 Å². The molecule has 0 bridgehead atoms. The lowest BCUT2D eigenvalue weighted by Crippen LogP contribution is -2.31. The third-order valence-electron chi connectivity index (χ3n) is 3.92. The highest BCUT2D eigenvalue weighted by Crippen LogP contribution is 2.20. The maximum atomic E-state index is 12.3. The van der Waals surface area contributed by atoms with Crippen LogP contribution >= 0.6 is 12.2 Å². The van der Waals surface area contributed by atoms with E-state index in [0.29, 0.717) is 22.1 Å². The van der Waals surface area contributed by atoms with Gasteiger partial charge in [0, 0.05) is 5.56 Å². The Kier molecular flexibility index (Phi) is 4.67. The molecule has 0 spiro atoms. The van der Waals surface area contributed by atoms with Crippen molar-refractivity contribution in [2.75, 3.05) is 16.9 Å². The zero-order valence-electron chi connectivity index (χ0n) is 13.9. The minimum Gasteiger partial charge on any atom is -0.353 e. The Morgan fingerprint density at radius 3 is 2.48 bits per heavy atom. The van der Waals surface area contributed by atoms with Crippen molar-refractivity contribution in [3.63, 3.8) is 0 Å². The maximum absolute atomic E-state index is 12.3. The van der Waals surface area contributed by atoms with Gasteiger partial charge in [-0.25, -0.2) is 0 Å². The van der Waals surface area contributed by atoms with Crippen LogP contribution in [0.15, 0.2) is 42.5 Å². The highest BCUT2D eigenvalue weighted by molar-refractivity contribution is 7.80. The summed E-state index contributed by atoms with van der Waals surface area (Å²) >= 11 is 5.11. The highest BCUT2D eigenvalue weighted by atomic mass is 32.1. The van der Waals surface area contributed by atoms with Crippen LogP contribution in [-0.4, -0.2) is 23.5 Å². The molecule has 1 fully saturated rings. The number of nitrogens with one attached hydrogen (secondary N) is 3. The second kappa shape index (κ2) is 6.90. The average molecular weight is 354 g/mol. The molecule has 0 saturated carbocycles. The van der Waals surface area contributed by atoms with Crippen LogP contribution in [-0.2, 0) is 4.79 Å². The SMILES string of the molecule is Cc1ccc(C(=O)NNc2ccc(N3C(=O)CNC3=S)cc2)c(C)c1. The molecule has 0 aliphatic carbocycles. The van der Waals surface area contributed by atoms with E-state index in [1.165, 1.54) is 4.90 Å². The van der Waals surface area contributed by atoms with Gasteiger partial charge in [0.25, 0.3) is 11.8 Å². The van der Waals surface area contributed by atoms with Gasteiger partial charge in [-0.05, 0) is 62.0 Å². The van der Waals surface area contributed by atoms with E-state index in [0.717, 1.165) is 11.1 Å². The molecule has 2 aromatic rings. The first-order valence-electron chi connectivity index (χ1n) is 7.80. The molecular weight excluding hydrogens is 336 g/mol. The Balaban J connectivity index is 1.65. The molecule has 0 radical (unpaired) electrons. The van der Waals surface area contributed by atoms with E-state index in [9.17, 15) is 9.59 Å². The first-order chi connectivity index (χ1) is 12.0. The summed E-state index contributed by atoms with van der Waals surface area (Å²) in [7, 11) is 0. The van der Waals surface area contributed by atoms with Crippen LogP contribution in [0.1, 0.15) is 21.5 Å². The summed E-state index contributed by atoms with van der Waals surface area (Å²) in [6.07, 6.45) is 0. The number of carbonyl (C=O) groups excluding carboxylic acids is 2. The normalized spacial score (nSPS) is 13.6. The number of anilines is 2. The Morgan fingerprint density at radius 2 is 1.88 bits per heavy atom. The lowest BCUT2D eigenvalue weighted by Gasteiger charge is -2.15. The minimum atomic E-state index is -0.207. The quantitative estimate of drug-likeness (QED) is 0.580. The van der Waals surface area contributed by atoms with Crippen LogP contribution in [0, 0.1) is 13.8 Å². The summed E-state index contributed by atoms with van der Waals surface area (Å²) in [4.78, 5) is 25.5. The summed E-state index contributed by atoms with van der Waals surface area (Å²) < 4.78 is 0. The van der Waals surface area contributed by atoms with Gasteiger partial charge in [-0.3, -0.25) is 25.3 Å². The topological polar surface area (TPSA) is 73.5 Å². The number of hydrazine groups is 1. The number of hydrogen-bond acceptors (Lipinski definition) is 4. The molecule has 2 amide bonds. The van der Waals surface area contributed by atoms with E-state index in [2.05, 4.69) is 16.2 Å². The molecule has 3 rings (SSSR count). The summed E-state index contributed by atoms with van der Waals surface area (Å²) in [5.41, 5.74) is 9.59. The van der Waals surface area contributed by atoms with Crippen LogP contribution in [0.25, 0.3) is 0 Å². The molecule has 3 N–H and O–H groups in total. The molecule has 2 aromatic carbocycles. The number of aryl methyl sites for hydroxylation is 2. The van der Waals surface area contributed by atoms with Gasteiger partial charge in [0.05, 0.1) is 17.9 Å². The number of nitrogens with zero attached hydrogens (tertiary/aromatic N) is 1. The summed E-state index contributed by atoms with van der Waals surface area (Å²) in [5.74, 6) is -0.296. The fourth-order valence-corrected chi connectivity index (χ4v) is 2.92. The first-order valence-corrected chi connectivity index (χ1v) is 8.21. The smallest absolute Gasteiger partial charge is 0.269 e. The summed E-state index contributed by atoms with van der Waals surface area (Å²) in [5, 5.41) is 3.23. The van der Waals surface area contributed by atoms with Gasteiger partial charge in [0.2, 0.25) is 0 Å². The van der Waals surface area contributed by atoms with Gasteiger partial charge >= 0.3 is 0 Å². The third kappa shape index (κ3) is 3.61. The summed E-state index contributed by atoms with van der Waals surface area (Å²) in [6.45, 7) is 4.10. The number of carbonyl (C=O) groups is 2. The number of amides is 2. The Bertz CT molecular complexity index is 833.